The highest BCUT2D eigenvalue weighted by molar-refractivity contribution is 5.91. The van der Waals surface area contributed by atoms with Crippen LogP contribution in [-0.2, 0) is 11.3 Å². The fraction of sp³-hybridized carbons (Fsp3) is 0.389. The minimum absolute atomic E-state index is 0.0736. The van der Waals surface area contributed by atoms with E-state index >= 15 is 0 Å². The Morgan fingerprint density at radius 2 is 1.83 bits per heavy atom. The number of nitrogens with zero attached hydrogens (tertiary/aromatic N) is 4. The lowest BCUT2D eigenvalue weighted by Crippen LogP contribution is -2.30. The van der Waals surface area contributed by atoms with Crippen molar-refractivity contribution in [1.82, 2.24) is 19.9 Å². The van der Waals surface area contributed by atoms with E-state index in [1.54, 1.807) is 16.8 Å². The van der Waals surface area contributed by atoms with Gasteiger partial charge in [-0.05, 0) is 24.5 Å². The smallest absolute Gasteiger partial charge is 0.246 e. The van der Waals surface area contributed by atoms with Crippen LogP contribution in [0.5, 0.6) is 0 Å². The van der Waals surface area contributed by atoms with Gasteiger partial charge >= 0.3 is 0 Å². The van der Waals surface area contributed by atoms with E-state index in [2.05, 4.69) is 22.4 Å². The van der Waals surface area contributed by atoms with Gasteiger partial charge in [0.25, 0.3) is 0 Å². The van der Waals surface area contributed by atoms with Gasteiger partial charge in [0.2, 0.25) is 5.91 Å². The zero-order valence-electron chi connectivity index (χ0n) is 13.3. The summed E-state index contributed by atoms with van der Waals surface area (Å²) in [5, 5.41) is 8.21. The van der Waals surface area contributed by atoms with E-state index in [9.17, 15) is 4.79 Å². The van der Waals surface area contributed by atoms with Crippen molar-refractivity contribution in [2.45, 2.75) is 32.2 Å². The molecule has 1 aromatic heterocycles. The first-order valence-corrected chi connectivity index (χ1v) is 8.22. The lowest BCUT2D eigenvalue weighted by Gasteiger charge is -2.17. The molecule has 0 atom stereocenters. The van der Waals surface area contributed by atoms with E-state index in [0.717, 1.165) is 25.9 Å². The summed E-state index contributed by atoms with van der Waals surface area (Å²) in [6.07, 6.45) is 9.88. The van der Waals surface area contributed by atoms with Gasteiger partial charge in [-0.25, -0.2) is 4.68 Å². The van der Waals surface area contributed by atoms with E-state index in [1.165, 1.54) is 18.4 Å². The van der Waals surface area contributed by atoms with Gasteiger partial charge < -0.3 is 4.90 Å². The standard InChI is InChI=1S/C18H22N4O/c23-18(21-12-6-1-2-7-13-21)11-10-17-15-22(20-19-17)14-16-8-4-3-5-9-16/h3-5,8-11,15H,1-2,6-7,12-14H2. The molecule has 0 unspecified atom stereocenters. The minimum Gasteiger partial charge on any atom is -0.339 e. The Labute approximate surface area is 136 Å². The summed E-state index contributed by atoms with van der Waals surface area (Å²) in [5.74, 6) is 0.0736. The fourth-order valence-corrected chi connectivity index (χ4v) is 2.79. The average Bonchev–Trinajstić information content (AvgIpc) is 2.84. The van der Waals surface area contributed by atoms with Gasteiger partial charge in [0.15, 0.2) is 0 Å². The van der Waals surface area contributed by atoms with Crippen LogP contribution in [0.25, 0.3) is 6.08 Å². The molecule has 1 aliphatic rings. The van der Waals surface area contributed by atoms with Gasteiger partial charge in [0.05, 0.1) is 12.7 Å². The van der Waals surface area contributed by atoms with Crippen LogP contribution in [0.4, 0.5) is 0 Å². The number of amides is 1. The summed E-state index contributed by atoms with van der Waals surface area (Å²) in [6, 6.07) is 10.1. The Hall–Kier alpha value is -2.43. The third-order valence-corrected chi connectivity index (χ3v) is 4.06. The zero-order valence-corrected chi connectivity index (χ0v) is 13.3. The van der Waals surface area contributed by atoms with Gasteiger partial charge in [-0.15, -0.1) is 5.10 Å². The Morgan fingerprint density at radius 3 is 2.57 bits per heavy atom. The van der Waals surface area contributed by atoms with Crippen LogP contribution in [0.1, 0.15) is 36.9 Å². The third kappa shape index (κ3) is 4.52. The zero-order chi connectivity index (χ0) is 15.9. The third-order valence-electron chi connectivity index (χ3n) is 4.06. The predicted octanol–water partition coefficient (Wildman–Crippen LogP) is 2.74. The van der Waals surface area contributed by atoms with Crippen molar-refractivity contribution in [3.05, 3.63) is 53.9 Å². The van der Waals surface area contributed by atoms with Crippen molar-refractivity contribution in [3.63, 3.8) is 0 Å². The number of hydrogen-bond acceptors (Lipinski definition) is 3. The lowest BCUT2D eigenvalue weighted by molar-refractivity contribution is -0.125. The summed E-state index contributed by atoms with van der Waals surface area (Å²) < 4.78 is 1.78. The van der Waals surface area contributed by atoms with Gasteiger partial charge in [0, 0.05) is 19.2 Å². The van der Waals surface area contributed by atoms with Crippen molar-refractivity contribution in [3.8, 4) is 0 Å². The Morgan fingerprint density at radius 1 is 1.09 bits per heavy atom. The Balaban J connectivity index is 1.58. The summed E-state index contributed by atoms with van der Waals surface area (Å²) in [4.78, 5) is 14.1. The quantitative estimate of drug-likeness (QED) is 0.816. The molecule has 0 spiro atoms. The molecule has 1 amide bonds. The van der Waals surface area contributed by atoms with E-state index in [-0.39, 0.29) is 5.91 Å². The second kappa shape index (κ2) is 7.72. The molecule has 0 radical (unpaired) electrons. The molecule has 5 heteroatoms. The molecule has 1 aliphatic heterocycles. The summed E-state index contributed by atoms with van der Waals surface area (Å²) >= 11 is 0. The maximum Gasteiger partial charge on any atom is 0.246 e. The van der Waals surface area contributed by atoms with Crippen LogP contribution in [0.15, 0.2) is 42.6 Å². The van der Waals surface area contributed by atoms with E-state index in [0.29, 0.717) is 12.2 Å². The minimum atomic E-state index is 0.0736. The first-order chi connectivity index (χ1) is 11.3. The van der Waals surface area contributed by atoms with Crippen LogP contribution in [-0.4, -0.2) is 38.9 Å². The van der Waals surface area contributed by atoms with Crippen LogP contribution < -0.4 is 0 Å². The molecule has 5 nitrogen and oxygen atoms in total. The van der Waals surface area contributed by atoms with Crippen molar-refractivity contribution < 1.29 is 4.79 Å². The van der Waals surface area contributed by atoms with Gasteiger partial charge in [-0.2, -0.15) is 0 Å². The molecule has 120 valence electrons. The molecule has 0 N–H and O–H groups in total. The number of rotatable bonds is 4. The number of carbonyl (C=O) groups is 1. The number of carbonyl (C=O) groups excluding carboxylic acids is 1. The number of likely N-dealkylation sites (tertiary alicyclic amines) is 1. The van der Waals surface area contributed by atoms with Crippen LogP contribution in [0.2, 0.25) is 0 Å². The molecular formula is C18H22N4O. The monoisotopic (exact) mass is 310 g/mol. The SMILES string of the molecule is O=C(C=Cc1cn(Cc2ccccc2)nn1)N1CCCCCC1. The van der Waals surface area contributed by atoms with Gasteiger partial charge in [0.1, 0.15) is 5.69 Å². The van der Waals surface area contributed by atoms with Crippen LogP contribution in [0.3, 0.4) is 0 Å². The second-order valence-electron chi connectivity index (χ2n) is 5.90. The van der Waals surface area contributed by atoms with Crippen molar-refractivity contribution in [1.29, 1.82) is 0 Å². The Kier molecular flexibility index (Phi) is 5.19. The van der Waals surface area contributed by atoms with Crippen molar-refractivity contribution in [2.75, 3.05) is 13.1 Å². The molecule has 2 aromatic rings. The summed E-state index contributed by atoms with van der Waals surface area (Å²) in [5.41, 5.74) is 1.89. The first-order valence-electron chi connectivity index (χ1n) is 8.22. The molecule has 1 aromatic carbocycles. The Bertz CT molecular complexity index is 655. The maximum atomic E-state index is 12.2. The normalized spacial score (nSPS) is 15.7. The average molecular weight is 310 g/mol. The highest BCUT2D eigenvalue weighted by atomic mass is 16.2. The highest BCUT2D eigenvalue weighted by Crippen LogP contribution is 2.10. The molecule has 23 heavy (non-hydrogen) atoms. The van der Waals surface area contributed by atoms with E-state index in [1.807, 2.05) is 29.3 Å². The second-order valence-corrected chi connectivity index (χ2v) is 5.90. The van der Waals surface area contributed by atoms with Crippen LogP contribution >= 0.6 is 0 Å². The first kappa shape index (κ1) is 15.5. The molecule has 0 bridgehead atoms. The van der Waals surface area contributed by atoms with Crippen molar-refractivity contribution in [2.24, 2.45) is 0 Å². The van der Waals surface area contributed by atoms with Crippen LogP contribution in [0, 0.1) is 0 Å². The molecular weight excluding hydrogens is 288 g/mol. The van der Waals surface area contributed by atoms with E-state index in [4.69, 9.17) is 0 Å². The molecule has 1 fully saturated rings. The fourth-order valence-electron chi connectivity index (χ4n) is 2.79. The molecule has 1 saturated heterocycles. The molecule has 0 saturated carbocycles. The number of benzene rings is 1. The predicted molar refractivity (Wildman–Crippen MR) is 89.6 cm³/mol. The maximum absolute atomic E-state index is 12.2. The van der Waals surface area contributed by atoms with Gasteiger partial charge in [-0.3, -0.25) is 4.79 Å². The topological polar surface area (TPSA) is 51.0 Å². The highest BCUT2D eigenvalue weighted by Gasteiger charge is 2.12. The number of aromatic nitrogens is 3. The molecule has 0 aliphatic carbocycles. The summed E-state index contributed by atoms with van der Waals surface area (Å²) in [7, 11) is 0. The lowest BCUT2D eigenvalue weighted by atomic mass is 10.2. The molecule has 2 heterocycles. The van der Waals surface area contributed by atoms with Crippen molar-refractivity contribution >= 4 is 12.0 Å². The van der Waals surface area contributed by atoms with E-state index < -0.39 is 0 Å². The number of hydrogen-bond donors (Lipinski definition) is 0. The van der Waals surface area contributed by atoms with Gasteiger partial charge in [-0.1, -0.05) is 48.4 Å². The molecule has 3 rings (SSSR count). The largest absolute Gasteiger partial charge is 0.339 e. The summed E-state index contributed by atoms with van der Waals surface area (Å²) in [6.45, 7) is 2.41.